The van der Waals surface area contributed by atoms with Crippen LogP contribution in [-0.2, 0) is 0 Å². The van der Waals surface area contributed by atoms with Gasteiger partial charge in [0.05, 0.1) is 0 Å². The summed E-state index contributed by atoms with van der Waals surface area (Å²) in [6, 6.07) is 2.52. The van der Waals surface area contributed by atoms with Crippen LogP contribution in [-0.4, -0.2) is 56.1 Å². The first-order valence-corrected chi connectivity index (χ1v) is 8.28. The molecule has 0 saturated carbocycles. The van der Waals surface area contributed by atoms with Crippen LogP contribution in [0.25, 0.3) is 5.78 Å². The first kappa shape index (κ1) is 15.9. The van der Waals surface area contributed by atoms with E-state index < -0.39 is 0 Å². The highest BCUT2D eigenvalue weighted by molar-refractivity contribution is 5.90. The van der Waals surface area contributed by atoms with Gasteiger partial charge in [0.15, 0.2) is 0 Å². The number of nitrogens with zero attached hydrogens (tertiary/aromatic N) is 5. The van der Waals surface area contributed by atoms with Gasteiger partial charge in [-0.3, -0.25) is 9.69 Å². The highest BCUT2D eigenvalue weighted by Crippen LogP contribution is 2.15. The topological polar surface area (TPSA) is 75.4 Å². The number of aromatic nitrogens is 4. The third-order valence-corrected chi connectivity index (χ3v) is 4.45. The minimum absolute atomic E-state index is 0.179. The lowest BCUT2D eigenvalue weighted by atomic mass is 10.0. The molecule has 2 aromatic heterocycles. The lowest BCUT2D eigenvalue weighted by molar-refractivity contribution is 0.0928. The molecule has 0 unspecified atom stereocenters. The van der Waals surface area contributed by atoms with Crippen LogP contribution in [0.5, 0.6) is 0 Å². The molecular formula is C16H24N6O. The highest BCUT2D eigenvalue weighted by Gasteiger charge is 2.19. The molecule has 1 saturated heterocycles. The lowest BCUT2D eigenvalue weighted by Gasteiger charge is -2.33. The van der Waals surface area contributed by atoms with E-state index in [-0.39, 0.29) is 11.7 Å². The molecule has 7 nitrogen and oxygen atoms in total. The van der Waals surface area contributed by atoms with Crippen LogP contribution in [0.3, 0.4) is 0 Å². The van der Waals surface area contributed by atoms with E-state index in [9.17, 15) is 4.79 Å². The molecule has 2 aromatic rings. The molecule has 0 radical (unpaired) electrons. The van der Waals surface area contributed by atoms with Gasteiger partial charge in [-0.05, 0) is 46.2 Å². The van der Waals surface area contributed by atoms with Crippen molar-refractivity contribution < 1.29 is 4.79 Å². The van der Waals surface area contributed by atoms with Crippen LogP contribution >= 0.6 is 0 Å². The summed E-state index contributed by atoms with van der Waals surface area (Å²) in [5.74, 6) is 0.410. The minimum Gasteiger partial charge on any atom is -0.348 e. The number of fused-ring (bicyclic) bond motifs is 1. The maximum atomic E-state index is 12.2. The van der Waals surface area contributed by atoms with Crippen LogP contribution in [0.4, 0.5) is 0 Å². The number of aryl methyl sites for hydroxylation is 2. The molecule has 1 aliphatic rings. The largest absolute Gasteiger partial charge is 0.348 e. The van der Waals surface area contributed by atoms with Gasteiger partial charge < -0.3 is 5.32 Å². The van der Waals surface area contributed by atoms with Gasteiger partial charge in [-0.1, -0.05) is 6.42 Å². The minimum atomic E-state index is -0.239. The normalized spacial score (nSPS) is 19.2. The zero-order valence-corrected chi connectivity index (χ0v) is 14.0. The Bertz CT molecular complexity index is 710. The summed E-state index contributed by atoms with van der Waals surface area (Å²) in [4.78, 5) is 23.2. The zero-order chi connectivity index (χ0) is 16.4. The Morgan fingerprint density at radius 2 is 2.17 bits per heavy atom. The van der Waals surface area contributed by atoms with Crippen molar-refractivity contribution in [3.05, 3.63) is 23.3 Å². The van der Waals surface area contributed by atoms with E-state index in [2.05, 4.69) is 32.2 Å². The van der Waals surface area contributed by atoms with E-state index >= 15 is 0 Å². The van der Waals surface area contributed by atoms with Crippen molar-refractivity contribution in [1.29, 1.82) is 0 Å². The predicted octanol–water partition coefficient (Wildman–Crippen LogP) is 1.35. The Morgan fingerprint density at radius 3 is 2.96 bits per heavy atom. The number of likely N-dealkylation sites (tertiary alicyclic amines) is 1. The van der Waals surface area contributed by atoms with Gasteiger partial charge in [0.25, 0.3) is 11.7 Å². The molecule has 0 spiro atoms. The maximum Gasteiger partial charge on any atom is 0.291 e. The summed E-state index contributed by atoms with van der Waals surface area (Å²) < 4.78 is 1.61. The number of piperidine rings is 1. The predicted molar refractivity (Wildman–Crippen MR) is 87.5 cm³/mol. The number of hydrogen-bond donors (Lipinski definition) is 1. The lowest BCUT2D eigenvalue weighted by Crippen LogP contribution is -2.42. The molecule has 1 atom stereocenters. The van der Waals surface area contributed by atoms with Crippen molar-refractivity contribution in [3.63, 3.8) is 0 Å². The van der Waals surface area contributed by atoms with Crippen molar-refractivity contribution in [2.24, 2.45) is 0 Å². The molecule has 1 aliphatic heterocycles. The second-order valence-electron chi connectivity index (χ2n) is 6.32. The molecule has 1 amide bonds. The summed E-state index contributed by atoms with van der Waals surface area (Å²) in [5.41, 5.74) is 1.79. The van der Waals surface area contributed by atoms with Crippen LogP contribution < -0.4 is 5.32 Å². The summed E-state index contributed by atoms with van der Waals surface area (Å²) in [6.07, 6.45) is 3.80. The summed E-state index contributed by atoms with van der Waals surface area (Å²) >= 11 is 0. The van der Waals surface area contributed by atoms with Gasteiger partial charge in [-0.25, -0.2) is 9.50 Å². The molecule has 0 bridgehead atoms. The van der Waals surface area contributed by atoms with Gasteiger partial charge in [0, 0.05) is 30.5 Å². The van der Waals surface area contributed by atoms with Crippen LogP contribution in [0.1, 0.15) is 48.2 Å². The number of hydrogen-bond acceptors (Lipinski definition) is 5. The average Bonchev–Trinajstić information content (AvgIpc) is 2.93. The molecule has 7 heteroatoms. The molecular weight excluding hydrogens is 292 g/mol. The van der Waals surface area contributed by atoms with Crippen molar-refractivity contribution in [1.82, 2.24) is 29.8 Å². The van der Waals surface area contributed by atoms with Gasteiger partial charge in [-0.15, -0.1) is 5.10 Å². The van der Waals surface area contributed by atoms with Crippen molar-refractivity contribution >= 4 is 11.7 Å². The summed E-state index contributed by atoms with van der Waals surface area (Å²) in [5, 5.41) is 7.17. The fourth-order valence-corrected chi connectivity index (χ4v) is 3.14. The van der Waals surface area contributed by atoms with Crippen molar-refractivity contribution in [2.75, 3.05) is 19.6 Å². The van der Waals surface area contributed by atoms with E-state index in [1.165, 1.54) is 19.3 Å². The van der Waals surface area contributed by atoms with Crippen molar-refractivity contribution in [2.45, 2.75) is 46.1 Å². The average molecular weight is 316 g/mol. The standard InChI is InChI=1S/C16H24N6O/c1-11-10-13(3)22-16(18-11)19-14(20-22)15(23)17-7-9-21-8-5-4-6-12(21)2/h10,12H,4-9H2,1-3H3,(H,17,23)/t12-/m1/s1. The maximum absolute atomic E-state index is 12.2. The first-order valence-electron chi connectivity index (χ1n) is 8.28. The molecule has 0 aromatic carbocycles. The number of rotatable bonds is 4. The van der Waals surface area contributed by atoms with Crippen LogP contribution in [0, 0.1) is 13.8 Å². The number of amides is 1. The number of nitrogens with one attached hydrogen (secondary N) is 1. The smallest absolute Gasteiger partial charge is 0.291 e. The zero-order valence-electron chi connectivity index (χ0n) is 14.0. The van der Waals surface area contributed by atoms with Gasteiger partial charge in [0.2, 0.25) is 5.82 Å². The first-order chi connectivity index (χ1) is 11.0. The summed E-state index contributed by atoms with van der Waals surface area (Å²) in [7, 11) is 0. The third-order valence-electron chi connectivity index (χ3n) is 4.45. The SMILES string of the molecule is Cc1cc(C)n2nc(C(=O)NCCN3CCCC[C@H]3C)nc2n1. The Balaban J connectivity index is 1.61. The highest BCUT2D eigenvalue weighted by atomic mass is 16.2. The molecule has 23 heavy (non-hydrogen) atoms. The van der Waals surface area contributed by atoms with E-state index in [4.69, 9.17) is 0 Å². The van der Waals surface area contributed by atoms with Crippen LogP contribution in [0.2, 0.25) is 0 Å². The van der Waals surface area contributed by atoms with E-state index in [1.807, 2.05) is 19.9 Å². The quantitative estimate of drug-likeness (QED) is 0.921. The van der Waals surface area contributed by atoms with Crippen molar-refractivity contribution in [3.8, 4) is 0 Å². The van der Waals surface area contributed by atoms with E-state index in [1.54, 1.807) is 4.52 Å². The molecule has 3 rings (SSSR count). The molecule has 3 heterocycles. The second kappa shape index (κ2) is 6.62. The second-order valence-corrected chi connectivity index (χ2v) is 6.32. The van der Waals surface area contributed by atoms with E-state index in [0.717, 1.165) is 24.5 Å². The molecule has 124 valence electrons. The van der Waals surface area contributed by atoms with Gasteiger partial charge in [-0.2, -0.15) is 4.98 Å². The fourth-order valence-electron chi connectivity index (χ4n) is 3.14. The Labute approximate surface area is 136 Å². The van der Waals surface area contributed by atoms with E-state index in [0.29, 0.717) is 18.4 Å². The Kier molecular flexibility index (Phi) is 4.56. The van der Waals surface area contributed by atoms with Crippen LogP contribution in [0.15, 0.2) is 6.07 Å². The van der Waals surface area contributed by atoms with Gasteiger partial charge in [0.1, 0.15) is 0 Å². The Morgan fingerprint density at radius 1 is 1.35 bits per heavy atom. The third kappa shape index (κ3) is 3.50. The van der Waals surface area contributed by atoms with Gasteiger partial charge >= 0.3 is 0 Å². The Hall–Kier alpha value is -2.02. The monoisotopic (exact) mass is 316 g/mol. The fraction of sp³-hybridized carbons (Fsp3) is 0.625. The summed E-state index contributed by atoms with van der Waals surface area (Å²) in [6.45, 7) is 8.69. The molecule has 0 aliphatic carbocycles. The number of carbonyl (C=O) groups is 1. The number of carbonyl (C=O) groups excluding carboxylic acids is 1. The molecule has 1 N–H and O–H groups in total. The molecule has 1 fully saturated rings.